The van der Waals surface area contributed by atoms with Gasteiger partial charge in [0, 0.05) is 10.5 Å². The van der Waals surface area contributed by atoms with Crippen LogP contribution >= 0.6 is 11.8 Å². The number of fused-ring (bicyclic) bond motifs is 1. The highest BCUT2D eigenvalue weighted by molar-refractivity contribution is 8.04. The first kappa shape index (κ1) is 9.48. The summed E-state index contributed by atoms with van der Waals surface area (Å²) >= 11 is 1.49. The van der Waals surface area contributed by atoms with Crippen LogP contribution in [0.15, 0.2) is 56.9 Å². The number of rotatable bonds is 1. The molecule has 2 aromatic rings. The van der Waals surface area contributed by atoms with Gasteiger partial charge < -0.3 is 4.42 Å². The monoisotopic (exact) mass is 228 g/mol. The molecule has 0 radical (unpaired) electrons. The van der Waals surface area contributed by atoms with Crippen molar-refractivity contribution in [1.29, 1.82) is 0 Å². The number of carbonyl (C=O) groups excluding carboxylic acids is 1. The summed E-state index contributed by atoms with van der Waals surface area (Å²) in [6.45, 7) is 0. The highest BCUT2D eigenvalue weighted by Gasteiger charge is 2.25. The van der Waals surface area contributed by atoms with Crippen molar-refractivity contribution < 1.29 is 9.21 Å². The van der Waals surface area contributed by atoms with Gasteiger partial charge in [-0.15, -0.1) is 0 Å². The molecular formula is C13H8O2S. The molecule has 1 aliphatic rings. The normalized spacial score (nSPS) is 16.8. The fourth-order valence-corrected chi connectivity index (χ4v) is 2.67. The molecule has 0 atom stereocenters. The number of allylic oxidation sites excluding steroid dienone is 1. The lowest BCUT2D eigenvalue weighted by atomic mass is 10.1. The van der Waals surface area contributed by atoms with Crippen LogP contribution in [0.1, 0.15) is 16.1 Å². The zero-order chi connectivity index (χ0) is 11.0. The maximum absolute atomic E-state index is 12.0. The van der Waals surface area contributed by atoms with E-state index in [0.29, 0.717) is 5.76 Å². The average Bonchev–Trinajstić information content (AvgIpc) is 2.90. The van der Waals surface area contributed by atoms with Gasteiger partial charge in [0.15, 0.2) is 0 Å². The molecule has 0 saturated heterocycles. The van der Waals surface area contributed by atoms with Crippen LogP contribution in [0.4, 0.5) is 0 Å². The van der Waals surface area contributed by atoms with Gasteiger partial charge in [-0.3, -0.25) is 4.79 Å². The van der Waals surface area contributed by atoms with Gasteiger partial charge in [-0.05, 0) is 30.3 Å². The van der Waals surface area contributed by atoms with Gasteiger partial charge >= 0.3 is 0 Å². The number of thioether (sulfide) groups is 1. The molecule has 2 nitrogen and oxygen atoms in total. The number of hydrogen-bond acceptors (Lipinski definition) is 3. The number of hydrogen-bond donors (Lipinski definition) is 0. The van der Waals surface area contributed by atoms with Gasteiger partial charge in [-0.25, -0.2) is 0 Å². The third-order valence-corrected chi connectivity index (χ3v) is 3.49. The van der Waals surface area contributed by atoms with Gasteiger partial charge in [0.05, 0.1) is 11.2 Å². The lowest BCUT2D eigenvalue weighted by Crippen LogP contribution is -1.93. The highest BCUT2D eigenvalue weighted by Crippen LogP contribution is 2.40. The molecule has 0 amide bonds. The highest BCUT2D eigenvalue weighted by atomic mass is 32.2. The summed E-state index contributed by atoms with van der Waals surface area (Å²) in [5.41, 5.74) is 0.783. The van der Waals surface area contributed by atoms with E-state index in [1.54, 1.807) is 12.3 Å². The number of Topliss-reactive ketones (excluding diaryl/α,β-unsaturated/α-hetero) is 1. The smallest absolute Gasteiger partial charge is 0.200 e. The van der Waals surface area contributed by atoms with Crippen LogP contribution in [0.5, 0.6) is 0 Å². The van der Waals surface area contributed by atoms with Crippen molar-refractivity contribution in [1.82, 2.24) is 0 Å². The topological polar surface area (TPSA) is 30.2 Å². The van der Waals surface area contributed by atoms with Gasteiger partial charge in [-0.2, -0.15) is 0 Å². The largest absolute Gasteiger partial charge is 0.465 e. The summed E-state index contributed by atoms with van der Waals surface area (Å²) in [4.78, 5) is 13.7. The molecule has 16 heavy (non-hydrogen) atoms. The second-order valence-electron chi connectivity index (χ2n) is 3.45. The Morgan fingerprint density at radius 1 is 1.12 bits per heavy atom. The van der Waals surface area contributed by atoms with E-state index in [9.17, 15) is 4.79 Å². The van der Waals surface area contributed by atoms with Crippen LogP contribution in [0.25, 0.3) is 6.08 Å². The van der Waals surface area contributed by atoms with Crippen molar-refractivity contribution in [2.75, 3.05) is 0 Å². The molecule has 3 rings (SSSR count). The zero-order valence-corrected chi connectivity index (χ0v) is 9.16. The van der Waals surface area contributed by atoms with Crippen LogP contribution in [0, 0.1) is 0 Å². The van der Waals surface area contributed by atoms with Crippen LogP contribution < -0.4 is 0 Å². The average molecular weight is 228 g/mol. The Morgan fingerprint density at radius 3 is 2.75 bits per heavy atom. The van der Waals surface area contributed by atoms with Gasteiger partial charge in [0.2, 0.25) is 5.78 Å². The Balaban J connectivity index is 2.02. The Bertz CT molecular complexity index is 567. The fraction of sp³-hybridized carbons (Fsp3) is 0. The van der Waals surface area contributed by atoms with E-state index in [0.717, 1.165) is 15.4 Å². The van der Waals surface area contributed by atoms with E-state index >= 15 is 0 Å². The van der Waals surface area contributed by atoms with E-state index in [1.165, 1.54) is 11.8 Å². The van der Waals surface area contributed by atoms with Crippen molar-refractivity contribution in [2.24, 2.45) is 0 Å². The van der Waals surface area contributed by atoms with Gasteiger partial charge in [0.25, 0.3) is 0 Å². The maximum atomic E-state index is 12.0. The van der Waals surface area contributed by atoms with Crippen LogP contribution in [0.3, 0.4) is 0 Å². The van der Waals surface area contributed by atoms with Crippen molar-refractivity contribution in [3.05, 3.63) is 58.9 Å². The first-order chi connectivity index (χ1) is 7.84. The molecule has 0 spiro atoms. The minimum absolute atomic E-state index is 0.0806. The predicted octanol–water partition coefficient (Wildman–Crippen LogP) is 3.61. The van der Waals surface area contributed by atoms with Crippen LogP contribution in [0.2, 0.25) is 0 Å². The summed E-state index contributed by atoms with van der Waals surface area (Å²) in [6, 6.07) is 11.3. The van der Waals surface area contributed by atoms with Gasteiger partial charge in [0.1, 0.15) is 5.76 Å². The molecule has 1 aromatic carbocycles. The van der Waals surface area contributed by atoms with Gasteiger partial charge in [-0.1, -0.05) is 23.9 Å². The molecule has 0 N–H and O–H groups in total. The zero-order valence-electron chi connectivity index (χ0n) is 8.34. The van der Waals surface area contributed by atoms with E-state index in [1.807, 2.05) is 36.4 Å². The summed E-state index contributed by atoms with van der Waals surface area (Å²) < 4.78 is 5.20. The molecule has 0 saturated carbocycles. The lowest BCUT2D eigenvalue weighted by Gasteiger charge is -1.90. The standard InChI is InChI=1S/C13H8O2S/c14-13-10-5-1-2-6-11(10)16-12(13)8-9-4-3-7-15-9/h1-8H/b12-8-. The van der Waals surface area contributed by atoms with E-state index in [2.05, 4.69) is 0 Å². The lowest BCUT2D eigenvalue weighted by molar-refractivity contribution is 0.104. The van der Waals surface area contributed by atoms with Crippen LogP contribution in [-0.2, 0) is 0 Å². The van der Waals surface area contributed by atoms with Crippen molar-refractivity contribution in [3.63, 3.8) is 0 Å². The Morgan fingerprint density at radius 2 is 2.00 bits per heavy atom. The van der Waals surface area contributed by atoms with Crippen molar-refractivity contribution in [2.45, 2.75) is 4.90 Å². The maximum Gasteiger partial charge on any atom is 0.200 e. The van der Waals surface area contributed by atoms with E-state index in [-0.39, 0.29) is 5.78 Å². The minimum atomic E-state index is 0.0806. The second-order valence-corrected chi connectivity index (χ2v) is 4.54. The summed E-state index contributed by atoms with van der Waals surface area (Å²) in [5, 5.41) is 0. The predicted molar refractivity (Wildman–Crippen MR) is 63.3 cm³/mol. The van der Waals surface area contributed by atoms with Crippen LogP contribution in [-0.4, -0.2) is 5.78 Å². The molecule has 0 bridgehead atoms. The molecule has 0 unspecified atom stereocenters. The SMILES string of the molecule is O=C1/C(=C/c2ccco2)Sc2ccccc21. The summed E-state index contributed by atoms with van der Waals surface area (Å²) in [6.07, 6.45) is 3.39. The van der Waals surface area contributed by atoms with Crippen molar-refractivity contribution in [3.8, 4) is 0 Å². The molecule has 1 aromatic heterocycles. The third kappa shape index (κ3) is 1.49. The van der Waals surface area contributed by atoms with E-state index in [4.69, 9.17) is 4.42 Å². The molecule has 78 valence electrons. The number of benzene rings is 1. The first-order valence-electron chi connectivity index (χ1n) is 4.91. The quantitative estimate of drug-likeness (QED) is 0.698. The molecule has 0 fully saturated rings. The molecule has 2 heterocycles. The second kappa shape index (κ2) is 3.68. The Kier molecular flexibility index (Phi) is 2.18. The molecule has 3 heteroatoms. The molecule has 1 aliphatic heterocycles. The summed E-state index contributed by atoms with van der Waals surface area (Å²) in [5.74, 6) is 0.792. The number of ketones is 1. The molecular weight excluding hydrogens is 220 g/mol. The Hall–Kier alpha value is -1.74. The Labute approximate surface area is 97.0 Å². The fourth-order valence-electron chi connectivity index (χ4n) is 1.64. The number of furan rings is 1. The molecule has 0 aliphatic carbocycles. The van der Waals surface area contributed by atoms with E-state index < -0.39 is 0 Å². The third-order valence-electron chi connectivity index (χ3n) is 2.39. The van der Waals surface area contributed by atoms with Crippen molar-refractivity contribution >= 4 is 23.6 Å². The summed E-state index contributed by atoms with van der Waals surface area (Å²) in [7, 11) is 0. The first-order valence-corrected chi connectivity index (χ1v) is 5.73. The minimum Gasteiger partial charge on any atom is -0.465 e. The number of carbonyl (C=O) groups is 1.